The largest absolute Gasteiger partial charge is 0.337 e. The smallest absolute Gasteiger partial charge is 0.332 e. The van der Waals surface area contributed by atoms with Crippen LogP contribution in [0.5, 0.6) is 0 Å². The highest BCUT2D eigenvalue weighted by atomic mass is 32.2. The summed E-state index contributed by atoms with van der Waals surface area (Å²) in [6.45, 7) is 10.8. The van der Waals surface area contributed by atoms with E-state index in [2.05, 4.69) is 0 Å². The highest BCUT2D eigenvalue weighted by molar-refractivity contribution is 8.03. The van der Waals surface area contributed by atoms with Crippen LogP contribution in [0.1, 0.15) is 37.5 Å². The third-order valence-electron chi connectivity index (χ3n) is 6.84. The van der Waals surface area contributed by atoms with Gasteiger partial charge < -0.3 is 9.80 Å². The monoisotopic (exact) mass is 477 g/mol. The van der Waals surface area contributed by atoms with Crippen molar-refractivity contribution in [1.29, 1.82) is 0 Å². The van der Waals surface area contributed by atoms with Crippen molar-refractivity contribution >= 4 is 35.3 Å². The summed E-state index contributed by atoms with van der Waals surface area (Å²) in [5.41, 5.74) is 4.65. The van der Waals surface area contributed by atoms with Gasteiger partial charge in [-0.05, 0) is 73.9 Å². The molecule has 4 amide bonds. The van der Waals surface area contributed by atoms with Gasteiger partial charge >= 0.3 is 6.03 Å². The predicted molar refractivity (Wildman–Crippen MR) is 136 cm³/mol. The second kappa shape index (κ2) is 9.66. The lowest BCUT2D eigenvalue weighted by Gasteiger charge is -2.42. The number of amides is 4. The van der Waals surface area contributed by atoms with Gasteiger partial charge in [-0.15, -0.1) is 11.8 Å². The third kappa shape index (κ3) is 4.37. The molecule has 2 aromatic carbocycles. The number of imide groups is 1. The average Bonchev–Trinajstić information content (AvgIpc) is 3.12. The molecule has 34 heavy (non-hydrogen) atoms. The second-order valence-electron chi connectivity index (χ2n) is 8.97. The van der Waals surface area contributed by atoms with Gasteiger partial charge in [0.05, 0.1) is 17.0 Å². The van der Waals surface area contributed by atoms with Crippen molar-refractivity contribution in [3.63, 3.8) is 0 Å². The number of rotatable bonds is 6. The van der Waals surface area contributed by atoms with Gasteiger partial charge in [-0.3, -0.25) is 9.59 Å². The zero-order valence-corrected chi connectivity index (χ0v) is 21.2. The highest BCUT2D eigenvalue weighted by Gasteiger charge is 2.51. The molecule has 2 aliphatic heterocycles. The normalized spacial score (nSPS) is 20.1. The maximum atomic E-state index is 13.7. The van der Waals surface area contributed by atoms with Crippen LogP contribution < -0.4 is 4.90 Å². The Morgan fingerprint density at radius 1 is 1.00 bits per heavy atom. The summed E-state index contributed by atoms with van der Waals surface area (Å²) in [5, 5.41) is -0.401. The number of anilines is 1. The van der Waals surface area contributed by atoms with Crippen LogP contribution in [-0.4, -0.2) is 46.1 Å². The molecule has 0 bridgehead atoms. The van der Waals surface area contributed by atoms with Crippen molar-refractivity contribution in [2.24, 2.45) is 5.92 Å². The number of carbonyl (C=O) groups excluding carboxylic acids is 3. The lowest BCUT2D eigenvalue weighted by molar-refractivity contribution is -0.133. The van der Waals surface area contributed by atoms with Crippen LogP contribution in [0.2, 0.25) is 0 Å². The van der Waals surface area contributed by atoms with Crippen LogP contribution in [0.4, 0.5) is 10.5 Å². The summed E-state index contributed by atoms with van der Waals surface area (Å²) in [7, 11) is 0. The number of allylic oxidation sites excluding steroid dienone is 1. The van der Waals surface area contributed by atoms with Crippen molar-refractivity contribution in [2.75, 3.05) is 18.0 Å². The first kappa shape index (κ1) is 24.1. The Balaban J connectivity index is 1.65. The first-order chi connectivity index (χ1) is 16.2. The summed E-state index contributed by atoms with van der Waals surface area (Å²) >= 11 is 1.51. The number of fused-ring (bicyclic) bond motifs is 1. The number of thioether (sulfide) groups is 1. The minimum absolute atomic E-state index is 0.0666. The van der Waals surface area contributed by atoms with Gasteiger partial charge in [-0.2, -0.15) is 0 Å². The molecular weight excluding hydrogens is 446 g/mol. The number of benzene rings is 2. The number of carbonyl (C=O) groups is 3. The van der Waals surface area contributed by atoms with Crippen molar-refractivity contribution < 1.29 is 14.4 Å². The zero-order valence-electron chi connectivity index (χ0n) is 20.4. The number of nitrogens with zero attached hydrogens (tertiary/aromatic N) is 3. The topological polar surface area (TPSA) is 60.9 Å². The molecule has 2 heterocycles. The van der Waals surface area contributed by atoms with Gasteiger partial charge in [-0.1, -0.05) is 36.4 Å². The Kier molecular flexibility index (Phi) is 6.84. The van der Waals surface area contributed by atoms with Gasteiger partial charge in [0.1, 0.15) is 6.54 Å². The summed E-state index contributed by atoms with van der Waals surface area (Å²) in [6, 6.07) is 15.0. The number of aryl methyl sites for hydroxylation is 2. The molecule has 2 aliphatic rings. The fourth-order valence-corrected chi connectivity index (χ4v) is 5.91. The van der Waals surface area contributed by atoms with Gasteiger partial charge in [0, 0.05) is 13.1 Å². The first-order valence-corrected chi connectivity index (χ1v) is 12.5. The Bertz CT molecular complexity index is 1160. The van der Waals surface area contributed by atoms with Crippen LogP contribution in [0, 0.1) is 19.8 Å². The van der Waals surface area contributed by atoms with Gasteiger partial charge in [0.2, 0.25) is 11.8 Å². The quantitative estimate of drug-likeness (QED) is 0.581. The zero-order chi connectivity index (χ0) is 24.6. The van der Waals surface area contributed by atoms with E-state index in [-0.39, 0.29) is 18.4 Å². The fourth-order valence-electron chi connectivity index (χ4n) is 4.48. The van der Waals surface area contributed by atoms with Crippen molar-refractivity contribution in [3.05, 3.63) is 75.7 Å². The molecular formula is C27H31N3O3S. The fraction of sp³-hybridized carbons (Fsp3) is 0.370. The van der Waals surface area contributed by atoms with E-state index in [4.69, 9.17) is 0 Å². The van der Waals surface area contributed by atoms with E-state index in [0.717, 1.165) is 27.2 Å². The molecule has 0 radical (unpaired) electrons. The van der Waals surface area contributed by atoms with Gasteiger partial charge in [0.25, 0.3) is 0 Å². The molecule has 6 nitrogen and oxygen atoms in total. The van der Waals surface area contributed by atoms with Crippen LogP contribution in [0.25, 0.3) is 0 Å². The Morgan fingerprint density at radius 2 is 1.71 bits per heavy atom. The SMILES string of the molecule is CCN(Cc1ccccc1)C(=O)CN1C(=O)N(c2ccc(C)c(C)c2)C(=O)C2C(C)=C(C)SC21. The lowest BCUT2D eigenvalue weighted by Crippen LogP contribution is -2.62. The predicted octanol–water partition coefficient (Wildman–Crippen LogP) is 5.10. The minimum atomic E-state index is -0.457. The molecule has 0 spiro atoms. The summed E-state index contributed by atoms with van der Waals surface area (Å²) in [5.74, 6) is -0.808. The Morgan fingerprint density at radius 3 is 2.35 bits per heavy atom. The number of hydrogen-bond donors (Lipinski definition) is 0. The van der Waals surface area contributed by atoms with E-state index in [1.807, 2.05) is 77.1 Å². The number of likely N-dealkylation sites (N-methyl/N-ethyl adjacent to an activating group) is 1. The Labute approximate surface area is 205 Å². The van der Waals surface area contributed by atoms with E-state index in [9.17, 15) is 14.4 Å². The maximum absolute atomic E-state index is 13.7. The Hall–Kier alpha value is -3.06. The molecule has 2 aromatic rings. The first-order valence-electron chi connectivity index (χ1n) is 11.6. The number of urea groups is 1. The third-order valence-corrected chi connectivity index (χ3v) is 8.28. The molecule has 4 rings (SSSR count). The molecule has 1 fully saturated rings. The molecule has 2 unspecified atom stereocenters. The van der Waals surface area contributed by atoms with Crippen molar-refractivity contribution in [1.82, 2.24) is 9.80 Å². The van der Waals surface area contributed by atoms with Crippen LogP contribution in [0.3, 0.4) is 0 Å². The van der Waals surface area contributed by atoms with Gasteiger partial charge in [0.15, 0.2) is 0 Å². The van der Waals surface area contributed by atoms with E-state index < -0.39 is 17.3 Å². The second-order valence-corrected chi connectivity index (χ2v) is 10.3. The van der Waals surface area contributed by atoms with E-state index in [0.29, 0.717) is 18.8 Å². The van der Waals surface area contributed by atoms with Crippen LogP contribution in [0.15, 0.2) is 59.0 Å². The molecule has 7 heteroatoms. The molecule has 1 saturated heterocycles. The van der Waals surface area contributed by atoms with Crippen molar-refractivity contribution in [3.8, 4) is 0 Å². The van der Waals surface area contributed by atoms with E-state index in [1.54, 1.807) is 15.9 Å². The molecule has 0 aromatic heterocycles. The van der Waals surface area contributed by atoms with Crippen molar-refractivity contribution in [2.45, 2.75) is 46.5 Å². The molecule has 2 atom stereocenters. The standard InChI is InChI=1S/C27H31N3O3S/c1-6-28(15-21-10-8-7-9-11-21)23(31)16-29-26-24(19(4)20(5)34-26)25(32)30(27(29)33)22-13-12-17(2)18(3)14-22/h7-14,24,26H,6,15-16H2,1-5H3. The van der Waals surface area contributed by atoms with Crippen LogP contribution >= 0.6 is 11.8 Å². The molecule has 0 aliphatic carbocycles. The number of hydrogen-bond acceptors (Lipinski definition) is 4. The molecule has 0 saturated carbocycles. The molecule has 0 N–H and O–H groups in total. The highest BCUT2D eigenvalue weighted by Crippen LogP contribution is 2.47. The minimum Gasteiger partial charge on any atom is -0.337 e. The lowest BCUT2D eigenvalue weighted by atomic mass is 9.95. The van der Waals surface area contributed by atoms with Gasteiger partial charge in [-0.25, -0.2) is 9.69 Å². The summed E-state index contributed by atoms with van der Waals surface area (Å²) < 4.78 is 0. The molecule has 178 valence electrons. The van der Waals surface area contributed by atoms with Crippen LogP contribution in [-0.2, 0) is 16.1 Å². The maximum Gasteiger partial charge on any atom is 0.332 e. The summed E-state index contributed by atoms with van der Waals surface area (Å²) in [6.07, 6.45) is 0. The van der Waals surface area contributed by atoms with E-state index >= 15 is 0 Å². The average molecular weight is 478 g/mol. The summed E-state index contributed by atoms with van der Waals surface area (Å²) in [4.78, 5) is 46.3. The van der Waals surface area contributed by atoms with E-state index in [1.165, 1.54) is 16.7 Å².